The van der Waals surface area contributed by atoms with Gasteiger partial charge >= 0.3 is 0 Å². The van der Waals surface area contributed by atoms with Crippen molar-refractivity contribution >= 4 is 11.8 Å². The van der Waals surface area contributed by atoms with Gasteiger partial charge in [-0.25, -0.2) is 0 Å². The van der Waals surface area contributed by atoms with Crippen LogP contribution in [0.2, 0.25) is 0 Å². The first-order valence-corrected chi connectivity index (χ1v) is 8.43. The topological polar surface area (TPSA) is 44.5 Å². The van der Waals surface area contributed by atoms with Crippen molar-refractivity contribution in [1.29, 1.82) is 0 Å². The van der Waals surface area contributed by atoms with E-state index in [0.29, 0.717) is 18.5 Å². The minimum Gasteiger partial charge on any atom is -0.490 e. The van der Waals surface area contributed by atoms with Gasteiger partial charge in [0.15, 0.2) is 11.5 Å². The average Bonchev–Trinajstić information content (AvgIpc) is 2.46. The minimum absolute atomic E-state index is 0.0314. The first-order valence-electron chi connectivity index (χ1n) is 7.39. The van der Waals surface area contributed by atoms with Gasteiger partial charge in [0.25, 0.3) is 0 Å². The summed E-state index contributed by atoms with van der Waals surface area (Å²) in [6.45, 7) is 9.64. The van der Waals surface area contributed by atoms with Crippen molar-refractivity contribution in [3.8, 4) is 11.5 Å². The predicted octanol–water partition coefficient (Wildman–Crippen LogP) is 4.02. The van der Waals surface area contributed by atoms with Gasteiger partial charge in [0.2, 0.25) is 0 Å². The number of hydrogen-bond acceptors (Lipinski definition) is 4. The first-order chi connectivity index (χ1) is 9.62. The molecule has 0 heterocycles. The molecule has 2 atom stereocenters. The number of nitrogens with two attached hydrogens (primary N) is 1. The summed E-state index contributed by atoms with van der Waals surface area (Å²) in [7, 11) is 0. The van der Waals surface area contributed by atoms with Crippen LogP contribution in [-0.4, -0.2) is 24.2 Å². The van der Waals surface area contributed by atoms with Crippen LogP contribution in [0.5, 0.6) is 11.5 Å². The fraction of sp³-hybridized carbons (Fsp3) is 0.625. The molecule has 0 saturated carbocycles. The lowest BCUT2D eigenvalue weighted by Crippen LogP contribution is -2.15. The van der Waals surface area contributed by atoms with Gasteiger partial charge in [-0.05, 0) is 38.0 Å². The lowest BCUT2D eigenvalue weighted by Gasteiger charge is -2.17. The van der Waals surface area contributed by atoms with E-state index in [1.165, 1.54) is 6.42 Å². The zero-order valence-corrected chi connectivity index (χ0v) is 13.8. The molecule has 0 saturated heterocycles. The maximum Gasteiger partial charge on any atom is 0.161 e. The van der Waals surface area contributed by atoms with E-state index < -0.39 is 0 Å². The Kier molecular flexibility index (Phi) is 7.85. The van der Waals surface area contributed by atoms with E-state index in [1.54, 1.807) is 0 Å². The predicted molar refractivity (Wildman–Crippen MR) is 87.9 cm³/mol. The van der Waals surface area contributed by atoms with Gasteiger partial charge in [-0.2, -0.15) is 11.8 Å². The van der Waals surface area contributed by atoms with Crippen LogP contribution in [0.25, 0.3) is 0 Å². The molecule has 1 rings (SSSR count). The van der Waals surface area contributed by atoms with Crippen molar-refractivity contribution in [1.82, 2.24) is 0 Å². The lowest BCUT2D eigenvalue weighted by molar-refractivity contribution is 0.287. The van der Waals surface area contributed by atoms with Crippen molar-refractivity contribution in [3.05, 3.63) is 23.8 Å². The first kappa shape index (κ1) is 17.2. The second-order valence-electron chi connectivity index (χ2n) is 4.73. The second-order valence-corrected chi connectivity index (χ2v) is 6.20. The highest BCUT2D eigenvalue weighted by Gasteiger charge is 2.12. The quantitative estimate of drug-likeness (QED) is 0.748. The molecule has 3 nitrogen and oxygen atoms in total. The van der Waals surface area contributed by atoms with Gasteiger partial charge in [-0.15, -0.1) is 0 Å². The molecule has 0 fully saturated rings. The van der Waals surface area contributed by atoms with E-state index in [1.807, 2.05) is 43.8 Å². The molecule has 0 aliphatic heterocycles. The Balaban J connectivity index is 2.76. The molecule has 2 unspecified atom stereocenters. The fourth-order valence-corrected chi connectivity index (χ4v) is 2.74. The molecule has 0 amide bonds. The van der Waals surface area contributed by atoms with Crippen LogP contribution in [0, 0.1) is 0 Å². The molecular weight excluding hydrogens is 270 g/mol. The monoisotopic (exact) mass is 297 g/mol. The summed E-state index contributed by atoms with van der Waals surface area (Å²) < 4.78 is 11.2. The molecule has 0 aliphatic rings. The fourth-order valence-electron chi connectivity index (χ4n) is 1.78. The summed E-state index contributed by atoms with van der Waals surface area (Å²) >= 11 is 1.92. The van der Waals surface area contributed by atoms with E-state index >= 15 is 0 Å². The number of hydrogen-bond donors (Lipinski definition) is 1. The largest absolute Gasteiger partial charge is 0.490 e. The maximum absolute atomic E-state index is 6.27. The third-order valence-corrected chi connectivity index (χ3v) is 4.58. The van der Waals surface area contributed by atoms with Crippen LogP contribution >= 0.6 is 11.8 Å². The Labute approximate surface area is 127 Å². The summed E-state index contributed by atoms with van der Waals surface area (Å²) in [5.74, 6) is 2.50. The number of benzene rings is 1. The Morgan fingerprint density at radius 1 is 1.10 bits per heavy atom. The Morgan fingerprint density at radius 3 is 2.35 bits per heavy atom. The summed E-state index contributed by atoms with van der Waals surface area (Å²) in [4.78, 5) is 0. The van der Waals surface area contributed by atoms with Crippen LogP contribution in [0.1, 0.15) is 45.7 Å². The molecule has 2 N–H and O–H groups in total. The smallest absolute Gasteiger partial charge is 0.161 e. The van der Waals surface area contributed by atoms with Crippen LogP contribution in [-0.2, 0) is 0 Å². The Morgan fingerprint density at radius 2 is 1.75 bits per heavy atom. The highest BCUT2D eigenvalue weighted by molar-refractivity contribution is 7.99. The van der Waals surface area contributed by atoms with Crippen LogP contribution in [0.15, 0.2) is 18.2 Å². The molecule has 20 heavy (non-hydrogen) atoms. The molecule has 0 aliphatic carbocycles. The second kappa shape index (κ2) is 9.14. The molecule has 0 radical (unpaired) electrons. The number of thioether (sulfide) groups is 1. The van der Waals surface area contributed by atoms with Gasteiger partial charge in [-0.3, -0.25) is 0 Å². The van der Waals surface area contributed by atoms with Crippen LogP contribution in [0.3, 0.4) is 0 Å². The summed E-state index contributed by atoms with van der Waals surface area (Å²) in [6, 6.07) is 6.03. The SMILES string of the molecule is CCOc1ccc(C(N)CSC(C)CC)cc1OCC. The average molecular weight is 297 g/mol. The van der Waals surface area contributed by atoms with Crippen molar-refractivity contribution < 1.29 is 9.47 Å². The number of rotatable bonds is 9. The summed E-state index contributed by atoms with van der Waals surface area (Å²) in [5, 5.41) is 0.648. The summed E-state index contributed by atoms with van der Waals surface area (Å²) in [5.41, 5.74) is 7.37. The molecule has 114 valence electrons. The van der Waals surface area contributed by atoms with Crippen molar-refractivity contribution in [2.75, 3.05) is 19.0 Å². The molecule has 1 aromatic carbocycles. The van der Waals surface area contributed by atoms with E-state index in [9.17, 15) is 0 Å². The molecule has 0 spiro atoms. The Bertz CT molecular complexity index is 398. The zero-order valence-electron chi connectivity index (χ0n) is 13.0. The Hall–Kier alpha value is -0.870. The zero-order chi connectivity index (χ0) is 15.0. The highest BCUT2D eigenvalue weighted by Crippen LogP contribution is 2.31. The molecule has 4 heteroatoms. The van der Waals surface area contributed by atoms with E-state index in [2.05, 4.69) is 13.8 Å². The molecular formula is C16H27NO2S. The van der Waals surface area contributed by atoms with Gasteiger partial charge < -0.3 is 15.2 Å². The van der Waals surface area contributed by atoms with Gasteiger partial charge in [0.05, 0.1) is 13.2 Å². The minimum atomic E-state index is 0.0314. The van der Waals surface area contributed by atoms with Crippen molar-refractivity contribution in [2.45, 2.75) is 45.4 Å². The highest BCUT2D eigenvalue weighted by atomic mass is 32.2. The van der Waals surface area contributed by atoms with Crippen molar-refractivity contribution in [3.63, 3.8) is 0 Å². The van der Waals surface area contributed by atoms with Crippen LogP contribution < -0.4 is 15.2 Å². The molecule has 0 aromatic heterocycles. The maximum atomic E-state index is 6.27. The van der Waals surface area contributed by atoms with E-state index in [4.69, 9.17) is 15.2 Å². The number of ether oxygens (including phenoxy) is 2. The van der Waals surface area contributed by atoms with Crippen molar-refractivity contribution in [2.24, 2.45) is 5.73 Å². The standard InChI is InChI=1S/C16H27NO2S/c1-5-12(4)20-11-14(17)13-8-9-15(18-6-2)16(10-13)19-7-3/h8-10,12,14H,5-7,11,17H2,1-4H3. The van der Waals surface area contributed by atoms with E-state index in [0.717, 1.165) is 22.8 Å². The summed E-state index contributed by atoms with van der Waals surface area (Å²) in [6.07, 6.45) is 1.17. The van der Waals surface area contributed by atoms with Gasteiger partial charge in [-0.1, -0.05) is 19.9 Å². The molecule has 0 bridgehead atoms. The lowest BCUT2D eigenvalue weighted by atomic mass is 10.1. The van der Waals surface area contributed by atoms with Gasteiger partial charge in [0, 0.05) is 17.0 Å². The van der Waals surface area contributed by atoms with Crippen LogP contribution in [0.4, 0.5) is 0 Å². The normalized spacial score (nSPS) is 13.8. The van der Waals surface area contributed by atoms with E-state index in [-0.39, 0.29) is 6.04 Å². The molecule has 1 aromatic rings. The third-order valence-electron chi connectivity index (χ3n) is 3.13. The third kappa shape index (κ3) is 5.25. The van der Waals surface area contributed by atoms with Gasteiger partial charge in [0.1, 0.15) is 0 Å².